The molecule has 0 aromatic carbocycles. The summed E-state index contributed by atoms with van der Waals surface area (Å²) in [6.45, 7) is 7.81. The van der Waals surface area contributed by atoms with Crippen LogP contribution in [0.3, 0.4) is 0 Å². The lowest BCUT2D eigenvalue weighted by Crippen LogP contribution is -2.13. The van der Waals surface area contributed by atoms with Gasteiger partial charge in [0.05, 0.1) is 5.71 Å². The third kappa shape index (κ3) is 2.58. The van der Waals surface area contributed by atoms with Gasteiger partial charge in [0.2, 0.25) is 0 Å². The molecule has 0 aromatic heterocycles. The Morgan fingerprint density at radius 2 is 2.46 bits per heavy atom. The number of hydrogen-bond donors (Lipinski definition) is 1. The minimum absolute atomic E-state index is 0.452. The van der Waals surface area contributed by atoms with Gasteiger partial charge in [-0.2, -0.15) is 5.10 Å². The van der Waals surface area contributed by atoms with Gasteiger partial charge in [0, 0.05) is 12.5 Å². The van der Waals surface area contributed by atoms with Gasteiger partial charge in [-0.25, -0.2) is 0 Å². The first-order chi connectivity index (χ1) is 6.27. The van der Waals surface area contributed by atoms with E-state index >= 15 is 0 Å². The summed E-state index contributed by atoms with van der Waals surface area (Å²) in [6, 6.07) is 0.452. The highest BCUT2D eigenvalue weighted by Crippen LogP contribution is 2.11. The lowest BCUT2D eigenvalue weighted by Gasteiger charge is -2.00. The average molecular weight is 176 g/mol. The summed E-state index contributed by atoms with van der Waals surface area (Å²) in [7, 11) is 0. The maximum atomic E-state index is 4.25. The fraction of sp³-hybridized carbons (Fsp3) is 0.364. The molecule has 1 rings (SSSR count). The average Bonchev–Trinajstić information content (AvgIpc) is 2.51. The summed E-state index contributed by atoms with van der Waals surface area (Å²) in [5.74, 6) is 0. The molecule has 1 heterocycles. The van der Waals surface area contributed by atoms with E-state index in [1.54, 1.807) is 6.08 Å². The Labute approximate surface area is 79.7 Å². The van der Waals surface area contributed by atoms with Crippen molar-refractivity contribution in [2.75, 3.05) is 0 Å². The maximum Gasteiger partial charge on any atom is 0.0696 e. The second-order valence-electron chi connectivity index (χ2n) is 3.15. The molecular formula is C11H16N2. The molecule has 0 aliphatic carbocycles. The number of allylic oxidation sites excluding steroid dienone is 5. The Morgan fingerprint density at radius 3 is 2.92 bits per heavy atom. The van der Waals surface area contributed by atoms with Crippen molar-refractivity contribution >= 4 is 5.71 Å². The Bertz CT molecular complexity index is 272. The second kappa shape index (κ2) is 4.65. The molecule has 70 valence electrons. The van der Waals surface area contributed by atoms with Crippen LogP contribution in [0.4, 0.5) is 0 Å². The molecular weight excluding hydrogens is 160 g/mol. The van der Waals surface area contributed by atoms with Gasteiger partial charge in [-0.3, -0.25) is 0 Å². The molecule has 13 heavy (non-hydrogen) atoms. The molecule has 2 heteroatoms. The van der Waals surface area contributed by atoms with Gasteiger partial charge in [-0.05, 0) is 19.4 Å². The van der Waals surface area contributed by atoms with Crippen molar-refractivity contribution in [2.24, 2.45) is 5.10 Å². The fourth-order valence-electron chi connectivity index (χ4n) is 1.31. The van der Waals surface area contributed by atoms with Crippen molar-refractivity contribution in [2.45, 2.75) is 26.3 Å². The fourth-order valence-corrected chi connectivity index (χ4v) is 1.31. The molecule has 0 bridgehead atoms. The summed E-state index contributed by atoms with van der Waals surface area (Å²) >= 11 is 0. The van der Waals surface area contributed by atoms with E-state index in [1.165, 1.54) is 0 Å². The van der Waals surface area contributed by atoms with Gasteiger partial charge >= 0.3 is 0 Å². The third-order valence-corrected chi connectivity index (χ3v) is 1.90. The quantitative estimate of drug-likeness (QED) is 0.656. The lowest BCUT2D eigenvalue weighted by atomic mass is 10.0. The number of nitrogens with one attached hydrogen (secondary N) is 1. The minimum atomic E-state index is 0.452. The molecule has 2 nitrogen and oxygen atoms in total. The van der Waals surface area contributed by atoms with E-state index in [4.69, 9.17) is 0 Å². The van der Waals surface area contributed by atoms with Gasteiger partial charge < -0.3 is 5.43 Å². The van der Waals surface area contributed by atoms with Gasteiger partial charge in [0.1, 0.15) is 0 Å². The zero-order valence-electron chi connectivity index (χ0n) is 8.25. The Kier molecular flexibility index (Phi) is 3.50. The van der Waals surface area contributed by atoms with E-state index in [2.05, 4.69) is 30.1 Å². The van der Waals surface area contributed by atoms with Crippen molar-refractivity contribution in [3.63, 3.8) is 0 Å². The van der Waals surface area contributed by atoms with Crippen LogP contribution >= 0.6 is 0 Å². The first-order valence-electron chi connectivity index (χ1n) is 4.55. The molecule has 0 spiro atoms. The van der Waals surface area contributed by atoms with Crippen LogP contribution in [0.25, 0.3) is 0 Å². The highest BCUT2D eigenvalue weighted by molar-refractivity contribution is 6.03. The van der Waals surface area contributed by atoms with Gasteiger partial charge in [0.25, 0.3) is 0 Å². The minimum Gasteiger partial charge on any atom is -0.307 e. The van der Waals surface area contributed by atoms with Gasteiger partial charge in [-0.15, -0.1) is 0 Å². The standard InChI is InChI=1S/C11H16N2/c1-4-6-10(7-5-2)11-8-9(3)12-13-11/h4-7,9,12H,1,8H2,2-3H3/b7-5-,10-6+. The molecule has 0 radical (unpaired) electrons. The second-order valence-corrected chi connectivity index (χ2v) is 3.15. The molecule has 1 N–H and O–H groups in total. The summed E-state index contributed by atoms with van der Waals surface area (Å²) < 4.78 is 0. The van der Waals surface area contributed by atoms with E-state index in [1.807, 2.05) is 19.1 Å². The van der Waals surface area contributed by atoms with Crippen molar-refractivity contribution in [3.8, 4) is 0 Å². The number of hydrazone groups is 1. The highest BCUT2D eigenvalue weighted by Gasteiger charge is 2.14. The van der Waals surface area contributed by atoms with E-state index in [0.717, 1.165) is 17.7 Å². The van der Waals surface area contributed by atoms with E-state index < -0.39 is 0 Å². The van der Waals surface area contributed by atoms with Crippen molar-refractivity contribution < 1.29 is 0 Å². The smallest absolute Gasteiger partial charge is 0.0696 e. The molecule has 0 aromatic rings. The summed E-state index contributed by atoms with van der Waals surface area (Å²) in [4.78, 5) is 0. The molecule has 0 saturated heterocycles. The van der Waals surface area contributed by atoms with E-state index in [-0.39, 0.29) is 0 Å². The Morgan fingerprint density at radius 1 is 1.69 bits per heavy atom. The molecule has 0 amide bonds. The van der Waals surface area contributed by atoms with Crippen molar-refractivity contribution in [3.05, 3.63) is 36.5 Å². The normalized spacial score (nSPS) is 23.1. The van der Waals surface area contributed by atoms with Crippen LogP contribution in [0, 0.1) is 0 Å². The van der Waals surface area contributed by atoms with Crippen LogP contribution in [0.2, 0.25) is 0 Å². The Hall–Kier alpha value is -1.31. The summed E-state index contributed by atoms with van der Waals surface area (Å²) in [5, 5.41) is 4.25. The van der Waals surface area contributed by atoms with Crippen molar-refractivity contribution in [1.29, 1.82) is 0 Å². The van der Waals surface area contributed by atoms with Crippen LogP contribution in [0.5, 0.6) is 0 Å². The number of rotatable bonds is 3. The highest BCUT2D eigenvalue weighted by atomic mass is 15.3. The molecule has 0 fully saturated rings. The van der Waals surface area contributed by atoms with Gasteiger partial charge in [0.15, 0.2) is 0 Å². The summed E-state index contributed by atoms with van der Waals surface area (Å²) in [6.07, 6.45) is 8.84. The zero-order chi connectivity index (χ0) is 9.68. The van der Waals surface area contributed by atoms with Crippen LogP contribution in [0.1, 0.15) is 20.3 Å². The van der Waals surface area contributed by atoms with Crippen molar-refractivity contribution in [1.82, 2.24) is 5.43 Å². The van der Waals surface area contributed by atoms with Crippen LogP contribution in [-0.4, -0.2) is 11.8 Å². The molecule has 0 saturated carbocycles. The molecule has 1 unspecified atom stereocenters. The zero-order valence-corrected chi connectivity index (χ0v) is 8.25. The van der Waals surface area contributed by atoms with Crippen LogP contribution < -0.4 is 5.43 Å². The number of nitrogens with zero attached hydrogens (tertiary/aromatic N) is 1. The largest absolute Gasteiger partial charge is 0.307 e. The molecule has 1 aliphatic heterocycles. The predicted octanol–water partition coefficient (Wildman–Crippen LogP) is 2.41. The Balaban J connectivity index is 2.77. The maximum absolute atomic E-state index is 4.25. The third-order valence-electron chi connectivity index (χ3n) is 1.90. The molecule has 1 atom stereocenters. The predicted molar refractivity (Wildman–Crippen MR) is 57.7 cm³/mol. The lowest BCUT2D eigenvalue weighted by molar-refractivity contribution is 0.636. The summed E-state index contributed by atoms with van der Waals surface area (Å²) in [5.41, 5.74) is 5.31. The first-order valence-corrected chi connectivity index (χ1v) is 4.55. The number of hydrogen-bond acceptors (Lipinski definition) is 2. The van der Waals surface area contributed by atoms with Crippen LogP contribution in [-0.2, 0) is 0 Å². The SMILES string of the molecule is C=C/C=C(\C=C/C)C1=NNC(C)C1. The topological polar surface area (TPSA) is 24.4 Å². The first kappa shape index (κ1) is 9.78. The van der Waals surface area contributed by atoms with Gasteiger partial charge in [-0.1, -0.05) is 30.9 Å². The van der Waals surface area contributed by atoms with E-state index in [9.17, 15) is 0 Å². The molecule has 1 aliphatic rings. The van der Waals surface area contributed by atoms with E-state index in [0.29, 0.717) is 6.04 Å². The van der Waals surface area contributed by atoms with Crippen LogP contribution in [0.15, 0.2) is 41.6 Å². The monoisotopic (exact) mass is 176 g/mol.